The van der Waals surface area contributed by atoms with E-state index in [1.54, 1.807) is 4.90 Å². The number of hydrogen-bond acceptors (Lipinski definition) is 3. The predicted molar refractivity (Wildman–Crippen MR) is 87.0 cm³/mol. The first-order valence-electron chi connectivity index (χ1n) is 8.90. The third-order valence-corrected chi connectivity index (χ3v) is 4.63. The summed E-state index contributed by atoms with van der Waals surface area (Å²) in [7, 11) is 0. The van der Waals surface area contributed by atoms with E-state index in [2.05, 4.69) is 10.2 Å². The maximum absolute atomic E-state index is 12.5. The number of rotatable bonds is 4. The fraction of sp³-hybridized carbons (Fsp3) is 0.938. The molecule has 0 radical (unpaired) electrons. The molecule has 0 aliphatic carbocycles. The zero-order chi connectivity index (χ0) is 17.6. The van der Waals surface area contributed by atoms with Gasteiger partial charge in [0.25, 0.3) is 0 Å². The molecule has 0 spiro atoms. The molecule has 1 atom stereocenters. The Morgan fingerprint density at radius 2 is 1.62 bits per heavy atom. The van der Waals surface area contributed by atoms with Gasteiger partial charge < -0.3 is 15.1 Å². The zero-order valence-electron chi connectivity index (χ0n) is 14.4. The lowest BCUT2D eigenvalue weighted by Crippen LogP contribution is -2.49. The van der Waals surface area contributed by atoms with Crippen LogP contribution in [0.15, 0.2) is 0 Å². The lowest BCUT2D eigenvalue weighted by Gasteiger charge is -2.30. The first-order chi connectivity index (χ1) is 11.3. The van der Waals surface area contributed by atoms with Gasteiger partial charge >= 0.3 is 12.2 Å². The minimum Gasteiger partial charge on any atom is -0.334 e. The van der Waals surface area contributed by atoms with Crippen molar-refractivity contribution in [1.82, 2.24) is 20.0 Å². The Morgan fingerprint density at radius 1 is 0.958 bits per heavy atom. The van der Waals surface area contributed by atoms with Gasteiger partial charge in [0.1, 0.15) is 0 Å². The number of piperidine rings is 1. The number of carbonyl (C=O) groups is 1. The smallest absolute Gasteiger partial charge is 0.334 e. The Hall–Kier alpha value is -1.02. The molecular weight excluding hydrogens is 321 g/mol. The number of likely N-dealkylation sites (tertiary alicyclic amines) is 1. The summed E-state index contributed by atoms with van der Waals surface area (Å²) in [5, 5.41) is 2.99. The molecule has 140 valence electrons. The molecule has 2 heterocycles. The van der Waals surface area contributed by atoms with E-state index < -0.39 is 12.7 Å². The van der Waals surface area contributed by atoms with Crippen molar-refractivity contribution in [3.63, 3.8) is 0 Å². The molecule has 24 heavy (non-hydrogen) atoms. The zero-order valence-corrected chi connectivity index (χ0v) is 14.4. The largest absolute Gasteiger partial charge is 0.401 e. The summed E-state index contributed by atoms with van der Waals surface area (Å²) in [6.07, 6.45) is 0.0908. The van der Waals surface area contributed by atoms with Crippen molar-refractivity contribution in [2.45, 2.75) is 44.8 Å². The molecule has 1 unspecified atom stereocenters. The van der Waals surface area contributed by atoms with Crippen molar-refractivity contribution in [2.75, 3.05) is 52.4 Å². The van der Waals surface area contributed by atoms with Crippen LogP contribution in [-0.2, 0) is 0 Å². The summed E-state index contributed by atoms with van der Waals surface area (Å²) in [4.78, 5) is 17.7. The van der Waals surface area contributed by atoms with Crippen molar-refractivity contribution in [1.29, 1.82) is 0 Å². The van der Waals surface area contributed by atoms with Crippen molar-refractivity contribution in [2.24, 2.45) is 0 Å². The van der Waals surface area contributed by atoms with Gasteiger partial charge in [0, 0.05) is 38.8 Å². The van der Waals surface area contributed by atoms with Crippen LogP contribution < -0.4 is 5.32 Å². The SMILES string of the molecule is CC(CN1CCCCC1)NC(=O)N1CCCN(CC(F)(F)F)CC1. The highest BCUT2D eigenvalue weighted by molar-refractivity contribution is 5.74. The maximum Gasteiger partial charge on any atom is 0.401 e. The van der Waals surface area contributed by atoms with Crippen molar-refractivity contribution >= 4 is 6.03 Å². The third kappa shape index (κ3) is 6.84. The molecule has 2 fully saturated rings. The summed E-state index contributed by atoms with van der Waals surface area (Å²) in [6.45, 7) is 5.59. The second kappa shape index (κ2) is 8.89. The van der Waals surface area contributed by atoms with Gasteiger partial charge in [-0.05, 0) is 39.3 Å². The van der Waals surface area contributed by atoms with E-state index in [0.717, 1.165) is 19.6 Å². The van der Waals surface area contributed by atoms with Gasteiger partial charge in [0.15, 0.2) is 0 Å². The second-order valence-electron chi connectivity index (χ2n) is 6.94. The average molecular weight is 350 g/mol. The van der Waals surface area contributed by atoms with Crippen LogP contribution in [0.5, 0.6) is 0 Å². The monoisotopic (exact) mass is 350 g/mol. The highest BCUT2D eigenvalue weighted by Crippen LogP contribution is 2.17. The standard InChI is InChI=1S/C16H29F3N4O/c1-14(12-21-6-3-2-4-7-21)20-15(24)23-9-5-8-22(10-11-23)13-16(17,18)19/h14H,2-13H2,1H3,(H,20,24). The number of halogens is 3. The van der Waals surface area contributed by atoms with Crippen molar-refractivity contribution < 1.29 is 18.0 Å². The van der Waals surface area contributed by atoms with Crippen LogP contribution in [0.3, 0.4) is 0 Å². The van der Waals surface area contributed by atoms with Crippen LogP contribution in [-0.4, -0.2) is 85.3 Å². The van der Waals surface area contributed by atoms with Crippen molar-refractivity contribution in [3.8, 4) is 0 Å². The van der Waals surface area contributed by atoms with E-state index in [-0.39, 0.29) is 18.6 Å². The van der Waals surface area contributed by atoms with E-state index in [1.807, 2.05) is 6.92 Å². The summed E-state index contributed by atoms with van der Waals surface area (Å²) in [5.74, 6) is 0. The van der Waals surface area contributed by atoms with Gasteiger partial charge in [0.2, 0.25) is 0 Å². The van der Waals surface area contributed by atoms with Gasteiger partial charge in [-0.1, -0.05) is 6.42 Å². The number of carbonyl (C=O) groups excluding carboxylic acids is 1. The lowest BCUT2D eigenvalue weighted by atomic mass is 10.1. The molecule has 2 aliphatic rings. The lowest BCUT2D eigenvalue weighted by molar-refractivity contribution is -0.145. The highest BCUT2D eigenvalue weighted by atomic mass is 19.4. The number of hydrogen-bond donors (Lipinski definition) is 1. The van der Waals surface area contributed by atoms with Crippen LogP contribution in [0.1, 0.15) is 32.6 Å². The Morgan fingerprint density at radius 3 is 2.29 bits per heavy atom. The molecule has 5 nitrogen and oxygen atoms in total. The van der Waals surface area contributed by atoms with Gasteiger partial charge in [-0.25, -0.2) is 4.79 Å². The number of alkyl halides is 3. The van der Waals surface area contributed by atoms with Crippen LogP contribution in [0.2, 0.25) is 0 Å². The molecular formula is C16H29F3N4O. The molecule has 0 saturated carbocycles. The highest BCUT2D eigenvalue weighted by Gasteiger charge is 2.32. The molecule has 0 aromatic rings. The summed E-state index contributed by atoms with van der Waals surface area (Å²) in [5.41, 5.74) is 0. The van der Waals surface area contributed by atoms with Gasteiger partial charge in [-0.2, -0.15) is 13.2 Å². The van der Waals surface area contributed by atoms with E-state index >= 15 is 0 Å². The minimum absolute atomic E-state index is 0.0464. The summed E-state index contributed by atoms with van der Waals surface area (Å²) < 4.78 is 37.5. The molecule has 0 aromatic carbocycles. The third-order valence-electron chi connectivity index (χ3n) is 4.63. The van der Waals surface area contributed by atoms with E-state index in [1.165, 1.54) is 24.2 Å². The van der Waals surface area contributed by atoms with Gasteiger partial charge in [-0.3, -0.25) is 4.90 Å². The maximum atomic E-state index is 12.5. The number of nitrogens with one attached hydrogen (secondary N) is 1. The second-order valence-corrected chi connectivity index (χ2v) is 6.94. The molecule has 8 heteroatoms. The van der Waals surface area contributed by atoms with Gasteiger partial charge in [-0.15, -0.1) is 0 Å². The summed E-state index contributed by atoms with van der Waals surface area (Å²) >= 11 is 0. The molecule has 2 saturated heterocycles. The average Bonchev–Trinajstić information content (AvgIpc) is 2.72. The molecule has 2 amide bonds. The van der Waals surface area contributed by atoms with E-state index in [4.69, 9.17) is 0 Å². The summed E-state index contributed by atoms with van der Waals surface area (Å²) in [6, 6.07) is -0.113. The number of amides is 2. The number of urea groups is 1. The molecule has 2 rings (SSSR count). The molecule has 1 N–H and O–H groups in total. The molecule has 2 aliphatic heterocycles. The topological polar surface area (TPSA) is 38.8 Å². The quantitative estimate of drug-likeness (QED) is 0.844. The Kier molecular flexibility index (Phi) is 7.16. The fourth-order valence-corrected chi connectivity index (χ4v) is 3.46. The molecule has 0 bridgehead atoms. The van der Waals surface area contributed by atoms with E-state index in [9.17, 15) is 18.0 Å². The number of nitrogens with zero attached hydrogens (tertiary/aromatic N) is 3. The van der Waals surface area contributed by atoms with E-state index in [0.29, 0.717) is 26.1 Å². The first kappa shape index (κ1) is 19.3. The Balaban J connectivity index is 1.73. The van der Waals surface area contributed by atoms with Crippen LogP contribution in [0, 0.1) is 0 Å². The van der Waals surface area contributed by atoms with Crippen LogP contribution >= 0.6 is 0 Å². The minimum atomic E-state index is -4.18. The van der Waals surface area contributed by atoms with Gasteiger partial charge in [0.05, 0.1) is 6.54 Å². The fourth-order valence-electron chi connectivity index (χ4n) is 3.46. The normalized spacial score (nSPS) is 22.9. The Labute approximate surface area is 142 Å². The molecule has 0 aromatic heterocycles. The first-order valence-corrected chi connectivity index (χ1v) is 8.90. The van der Waals surface area contributed by atoms with Crippen LogP contribution in [0.25, 0.3) is 0 Å². The van der Waals surface area contributed by atoms with Crippen molar-refractivity contribution in [3.05, 3.63) is 0 Å². The van der Waals surface area contributed by atoms with Crippen LogP contribution in [0.4, 0.5) is 18.0 Å². The Bertz CT molecular complexity index is 399. The predicted octanol–water partition coefficient (Wildman–Crippen LogP) is 2.14.